The molecular formula is C11H24N2O. The molecule has 1 atom stereocenters. The summed E-state index contributed by atoms with van der Waals surface area (Å²) in [5, 5.41) is 13.0. The van der Waals surface area contributed by atoms with E-state index in [9.17, 15) is 5.11 Å². The van der Waals surface area contributed by atoms with Gasteiger partial charge in [-0.3, -0.25) is 0 Å². The molecule has 0 spiro atoms. The lowest BCUT2D eigenvalue weighted by molar-refractivity contribution is 0.144. The smallest absolute Gasteiger partial charge is 0.0613 e. The highest BCUT2D eigenvalue weighted by atomic mass is 16.3. The van der Waals surface area contributed by atoms with Crippen LogP contribution in [0.5, 0.6) is 0 Å². The van der Waals surface area contributed by atoms with Gasteiger partial charge in [0.15, 0.2) is 0 Å². The first-order valence-corrected chi connectivity index (χ1v) is 5.77. The highest BCUT2D eigenvalue weighted by Gasteiger charge is 2.30. The Morgan fingerprint density at radius 2 is 2.14 bits per heavy atom. The third-order valence-corrected chi connectivity index (χ3v) is 3.22. The standard InChI is InChI=1S/C11H24N2O/c1-3-7-12-11(10-14)5-4-8-13(2)9-6-11/h12,14H,3-10H2,1-2H3. The highest BCUT2D eigenvalue weighted by molar-refractivity contribution is 4.90. The van der Waals surface area contributed by atoms with E-state index in [2.05, 4.69) is 24.2 Å². The summed E-state index contributed by atoms with van der Waals surface area (Å²) in [7, 11) is 2.16. The van der Waals surface area contributed by atoms with Gasteiger partial charge >= 0.3 is 0 Å². The molecule has 0 saturated carbocycles. The van der Waals surface area contributed by atoms with Crippen LogP contribution in [0.15, 0.2) is 0 Å². The predicted molar refractivity (Wildman–Crippen MR) is 59.5 cm³/mol. The van der Waals surface area contributed by atoms with Gasteiger partial charge < -0.3 is 15.3 Å². The van der Waals surface area contributed by atoms with Crippen molar-refractivity contribution >= 4 is 0 Å². The van der Waals surface area contributed by atoms with E-state index in [-0.39, 0.29) is 12.1 Å². The molecule has 1 saturated heterocycles. The second-order valence-corrected chi connectivity index (χ2v) is 4.52. The van der Waals surface area contributed by atoms with Crippen LogP contribution in [0.4, 0.5) is 0 Å². The number of aliphatic hydroxyl groups excluding tert-OH is 1. The van der Waals surface area contributed by atoms with Crippen molar-refractivity contribution in [1.29, 1.82) is 0 Å². The van der Waals surface area contributed by atoms with Crippen LogP contribution >= 0.6 is 0 Å². The van der Waals surface area contributed by atoms with Crippen molar-refractivity contribution in [3.05, 3.63) is 0 Å². The summed E-state index contributed by atoms with van der Waals surface area (Å²) in [6, 6.07) is 0. The number of likely N-dealkylation sites (tertiary alicyclic amines) is 1. The highest BCUT2D eigenvalue weighted by Crippen LogP contribution is 2.21. The molecule has 1 aliphatic heterocycles. The zero-order valence-corrected chi connectivity index (χ0v) is 9.55. The number of aliphatic hydroxyl groups is 1. The van der Waals surface area contributed by atoms with E-state index >= 15 is 0 Å². The van der Waals surface area contributed by atoms with Gasteiger partial charge in [0.1, 0.15) is 0 Å². The van der Waals surface area contributed by atoms with Gasteiger partial charge in [0.05, 0.1) is 6.61 Å². The lowest BCUT2D eigenvalue weighted by Crippen LogP contribution is -2.49. The first kappa shape index (κ1) is 12.0. The van der Waals surface area contributed by atoms with Gasteiger partial charge in [-0.15, -0.1) is 0 Å². The van der Waals surface area contributed by atoms with E-state index in [1.54, 1.807) is 0 Å². The van der Waals surface area contributed by atoms with Crippen LogP contribution in [0.3, 0.4) is 0 Å². The molecule has 14 heavy (non-hydrogen) atoms. The summed E-state index contributed by atoms with van der Waals surface area (Å²) in [6.07, 6.45) is 4.50. The lowest BCUT2D eigenvalue weighted by atomic mass is 9.91. The quantitative estimate of drug-likeness (QED) is 0.705. The average Bonchev–Trinajstić information content (AvgIpc) is 2.39. The van der Waals surface area contributed by atoms with E-state index in [4.69, 9.17) is 0 Å². The first-order valence-electron chi connectivity index (χ1n) is 5.77. The molecule has 1 aliphatic rings. The Kier molecular flexibility index (Phi) is 4.85. The maximum atomic E-state index is 9.50. The topological polar surface area (TPSA) is 35.5 Å². The molecule has 0 radical (unpaired) electrons. The molecule has 0 aromatic carbocycles. The van der Waals surface area contributed by atoms with Crippen LogP contribution in [0.1, 0.15) is 32.6 Å². The molecule has 0 amide bonds. The van der Waals surface area contributed by atoms with Crippen molar-refractivity contribution in [2.24, 2.45) is 0 Å². The SMILES string of the molecule is CCCNC1(CO)CCCN(C)CC1. The van der Waals surface area contributed by atoms with Gasteiger partial charge in [0, 0.05) is 5.54 Å². The second kappa shape index (κ2) is 5.69. The Labute approximate surface area is 87.5 Å². The van der Waals surface area contributed by atoms with Crippen LogP contribution in [-0.2, 0) is 0 Å². The molecule has 2 N–H and O–H groups in total. The molecule has 1 unspecified atom stereocenters. The summed E-state index contributed by atoms with van der Waals surface area (Å²) >= 11 is 0. The van der Waals surface area contributed by atoms with E-state index < -0.39 is 0 Å². The van der Waals surface area contributed by atoms with Crippen molar-refractivity contribution in [2.45, 2.75) is 38.1 Å². The zero-order valence-electron chi connectivity index (χ0n) is 9.55. The molecule has 3 nitrogen and oxygen atoms in total. The molecule has 1 heterocycles. The lowest BCUT2D eigenvalue weighted by Gasteiger charge is -2.32. The molecule has 0 bridgehead atoms. The van der Waals surface area contributed by atoms with Crippen LogP contribution < -0.4 is 5.32 Å². The van der Waals surface area contributed by atoms with Gasteiger partial charge in [0.2, 0.25) is 0 Å². The number of nitrogens with zero attached hydrogens (tertiary/aromatic N) is 1. The van der Waals surface area contributed by atoms with Crippen molar-refractivity contribution in [3.63, 3.8) is 0 Å². The Balaban J connectivity index is 2.49. The minimum atomic E-state index is 0.000764. The first-order chi connectivity index (χ1) is 6.72. The Bertz CT molecular complexity index is 159. The summed E-state index contributed by atoms with van der Waals surface area (Å²) < 4.78 is 0. The third kappa shape index (κ3) is 3.23. The second-order valence-electron chi connectivity index (χ2n) is 4.52. The molecule has 3 heteroatoms. The fourth-order valence-corrected chi connectivity index (χ4v) is 2.11. The van der Waals surface area contributed by atoms with E-state index in [0.717, 1.165) is 38.9 Å². The van der Waals surface area contributed by atoms with Gasteiger partial charge in [-0.05, 0) is 52.4 Å². The molecule has 1 rings (SSSR count). The Morgan fingerprint density at radius 1 is 1.36 bits per heavy atom. The zero-order chi connectivity index (χ0) is 10.4. The molecule has 0 aliphatic carbocycles. The van der Waals surface area contributed by atoms with Crippen LogP contribution in [0.2, 0.25) is 0 Å². The maximum Gasteiger partial charge on any atom is 0.0613 e. The molecule has 84 valence electrons. The van der Waals surface area contributed by atoms with E-state index in [1.807, 2.05) is 0 Å². The fourth-order valence-electron chi connectivity index (χ4n) is 2.11. The average molecular weight is 200 g/mol. The minimum absolute atomic E-state index is 0.000764. The summed E-state index contributed by atoms with van der Waals surface area (Å²) in [5.74, 6) is 0. The molecule has 0 aromatic rings. The molecule has 1 fully saturated rings. The van der Waals surface area contributed by atoms with Gasteiger partial charge in [-0.1, -0.05) is 6.92 Å². The predicted octanol–water partition coefficient (Wildman–Crippen LogP) is 0.833. The van der Waals surface area contributed by atoms with Gasteiger partial charge in [-0.2, -0.15) is 0 Å². The van der Waals surface area contributed by atoms with Crippen molar-refractivity contribution in [2.75, 3.05) is 33.3 Å². The Hall–Kier alpha value is -0.120. The summed E-state index contributed by atoms with van der Waals surface area (Å²) in [5.41, 5.74) is 0.000764. The van der Waals surface area contributed by atoms with Crippen LogP contribution in [0.25, 0.3) is 0 Å². The van der Waals surface area contributed by atoms with Gasteiger partial charge in [-0.25, -0.2) is 0 Å². The monoisotopic (exact) mass is 200 g/mol. The maximum absolute atomic E-state index is 9.50. The van der Waals surface area contributed by atoms with Crippen LogP contribution in [-0.4, -0.2) is 48.8 Å². The number of nitrogens with one attached hydrogen (secondary N) is 1. The number of rotatable bonds is 4. The van der Waals surface area contributed by atoms with Crippen LogP contribution in [0, 0.1) is 0 Å². The van der Waals surface area contributed by atoms with Gasteiger partial charge in [0.25, 0.3) is 0 Å². The van der Waals surface area contributed by atoms with Crippen molar-refractivity contribution in [3.8, 4) is 0 Å². The normalized spacial score (nSPS) is 30.2. The van der Waals surface area contributed by atoms with Crippen molar-refractivity contribution in [1.82, 2.24) is 10.2 Å². The number of hydrogen-bond acceptors (Lipinski definition) is 3. The third-order valence-electron chi connectivity index (χ3n) is 3.22. The van der Waals surface area contributed by atoms with Crippen molar-refractivity contribution < 1.29 is 5.11 Å². The Morgan fingerprint density at radius 3 is 2.79 bits per heavy atom. The van der Waals surface area contributed by atoms with E-state index in [0.29, 0.717) is 0 Å². The summed E-state index contributed by atoms with van der Waals surface area (Å²) in [6.45, 7) is 5.72. The molecular weight excluding hydrogens is 176 g/mol. The minimum Gasteiger partial charge on any atom is -0.394 e. The fraction of sp³-hybridized carbons (Fsp3) is 1.00. The van der Waals surface area contributed by atoms with E-state index in [1.165, 1.54) is 6.42 Å². The molecule has 0 aromatic heterocycles. The largest absolute Gasteiger partial charge is 0.394 e. The summed E-state index contributed by atoms with van der Waals surface area (Å²) in [4.78, 5) is 2.35. The number of hydrogen-bond donors (Lipinski definition) is 2.